The van der Waals surface area contributed by atoms with Crippen molar-refractivity contribution in [2.75, 3.05) is 46.8 Å². The third kappa shape index (κ3) is 5.99. The number of hydrogen-bond donors (Lipinski definition) is 1. The van der Waals surface area contributed by atoms with Gasteiger partial charge in [0, 0.05) is 23.9 Å². The number of likely N-dealkylation sites (N-methyl/N-ethyl adjacent to an activating group) is 1. The summed E-state index contributed by atoms with van der Waals surface area (Å²) in [7, 11) is 7.20. The second-order valence-electron chi connectivity index (χ2n) is 7.28. The first-order chi connectivity index (χ1) is 15.0. The molecule has 0 heterocycles. The quantitative estimate of drug-likeness (QED) is 0.550. The van der Waals surface area contributed by atoms with E-state index in [0.29, 0.717) is 29.4 Å². The normalized spacial score (nSPS) is 10.6. The van der Waals surface area contributed by atoms with Gasteiger partial charge in [0.15, 0.2) is 11.5 Å². The number of ether oxygens (including phenoxy) is 3. The highest BCUT2D eigenvalue weighted by atomic mass is 16.5. The monoisotopic (exact) mass is 420 g/mol. The van der Waals surface area contributed by atoms with Crippen molar-refractivity contribution < 1.29 is 19.0 Å². The summed E-state index contributed by atoms with van der Waals surface area (Å²) in [4.78, 5) is 14.8. The van der Waals surface area contributed by atoms with Gasteiger partial charge < -0.3 is 24.4 Å². The van der Waals surface area contributed by atoms with Crippen molar-refractivity contribution in [3.8, 4) is 28.4 Å². The number of hydrogen-bond acceptors (Lipinski definition) is 5. The molecule has 0 saturated heterocycles. The van der Waals surface area contributed by atoms with Gasteiger partial charge in [-0.2, -0.15) is 0 Å². The number of methoxy groups -OCH3 is 2. The molecule has 0 aromatic heterocycles. The highest BCUT2D eigenvalue weighted by molar-refractivity contribution is 6.04. The molecule has 6 nitrogen and oxygen atoms in total. The molecule has 162 valence electrons. The molecule has 1 N–H and O–H groups in total. The van der Waals surface area contributed by atoms with E-state index in [9.17, 15) is 4.79 Å². The van der Waals surface area contributed by atoms with Crippen molar-refractivity contribution in [2.45, 2.75) is 0 Å². The predicted octanol–water partition coefficient (Wildman–Crippen LogP) is 4.56. The average Bonchev–Trinajstić information content (AvgIpc) is 2.79. The van der Waals surface area contributed by atoms with Gasteiger partial charge >= 0.3 is 0 Å². The zero-order valence-corrected chi connectivity index (χ0v) is 18.3. The van der Waals surface area contributed by atoms with E-state index in [1.165, 1.54) is 0 Å². The van der Waals surface area contributed by atoms with Gasteiger partial charge in [0.05, 0.1) is 14.2 Å². The van der Waals surface area contributed by atoms with Gasteiger partial charge in [0.1, 0.15) is 12.4 Å². The molecule has 31 heavy (non-hydrogen) atoms. The van der Waals surface area contributed by atoms with E-state index in [-0.39, 0.29) is 5.91 Å². The van der Waals surface area contributed by atoms with E-state index in [1.54, 1.807) is 32.4 Å². The summed E-state index contributed by atoms with van der Waals surface area (Å²) in [6, 6.07) is 20.6. The summed E-state index contributed by atoms with van der Waals surface area (Å²) in [6.45, 7) is 1.30. The van der Waals surface area contributed by atoms with E-state index in [0.717, 1.165) is 23.4 Å². The number of carbonyl (C=O) groups excluding carboxylic acids is 1. The maximum atomic E-state index is 12.7. The fourth-order valence-corrected chi connectivity index (χ4v) is 3.03. The molecule has 3 aromatic carbocycles. The number of nitrogens with zero attached hydrogens (tertiary/aromatic N) is 1. The molecule has 0 fully saturated rings. The predicted molar refractivity (Wildman–Crippen MR) is 123 cm³/mol. The van der Waals surface area contributed by atoms with Crippen molar-refractivity contribution in [2.24, 2.45) is 0 Å². The summed E-state index contributed by atoms with van der Waals surface area (Å²) in [5, 5.41) is 2.92. The topological polar surface area (TPSA) is 60.0 Å². The third-order valence-electron chi connectivity index (χ3n) is 4.77. The Kier molecular flexibility index (Phi) is 7.51. The Labute approximate surface area is 183 Å². The molecule has 1 amide bonds. The van der Waals surface area contributed by atoms with Crippen LogP contribution in [0.25, 0.3) is 11.1 Å². The number of rotatable bonds is 9. The maximum absolute atomic E-state index is 12.7. The lowest BCUT2D eigenvalue weighted by atomic mass is 10.0. The first-order valence-electron chi connectivity index (χ1n) is 10.0. The van der Waals surface area contributed by atoms with Crippen molar-refractivity contribution in [1.29, 1.82) is 0 Å². The Hall–Kier alpha value is -3.51. The minimum Gasteiger partial charge on any atom is -0.497 e. The first-order valence-corrected chi connectivity index (χ1v) is 10.0. The SMILES string of the molecule is COc1cccc(-c2ccc(C(=O)Nc3ccc(OC)c(OCCN(C)C)c3)cc2)c1. The summed E-state index contributed by atoms with van der Waals surface area (Å²) >= 11 is 0. The highest BCUT2D eigenvalue weighted by Crippen LogP contribution is 2.30. The number of benzene rings is 3. The van der Waals surface area contributed by atoms with Gasteiger partial charge in [-0.05, 0) is 61.6 Å². The van der Waals surface area contributed by atoms with Crippen LogP contribution < -0.4 is 19.5 Å². The first kappa shape index (κ1) is 22.2. The Morgan fingerprint density at radius 2 is 1.65 bits per heavy atom. The van der Waals surface area contributed by atoms with Crippen LogP contribution in [-0.4, -0.2) is 52.3 Å². The van der Waals surface area contributed by atoms with Crippen LogP contribution in [0.1, 0.15) is 10.4 Å². The molecular weight excluding hydrogens is 392 g/mol. The minimum atomic E-state index is -0.193. The molecular formula is C25H28N2O4. The van der Waals surface area contributed by atoms with Crippen molar-refractivity contribution in [3.63, 3.8) is 0 Å². The molecule has 0 spiro atoms. The van der Waals surface area contributed by atoms with Crippen LogP contribution in [0.3, 0.4) is 0 Å². The fraction of sp³-hybridized carbons (Fsp3) is 0.240. The van der Waals surface area contributed by atoms with Crippen LogP contribution in [0.4, 0.5) is 5.69 Å². The molecule has 3 rings (SSSR count). The Morgan fingerprint density at radius 3 is 2.32 bits per heavy atom. The summed E-state index contributed by atoms with van der Waals surface area (Å²) in [5.41, 5.74) is 3.25. The van der Waals surface area contributed by atoms with Crippen molar-refractivity contribution >= 4 is 11.6 Å². The third-order valence-corrected chi connectivity index (χ3v) is 4.77. The lowest BCUT2D eigenvalue weighted by Gasteiger charge is -2.15. The summed E-state index contributed by atoms with van der Waals surface area (Å²) < 4.78 is 16.5. The van der Waals surface area contributed by atoms with Crippen molar-refractivity contribution in [1.82, 2.24) is 4.90 Å². The molecule has 0 aliphatic rings. The van der Waals surface area contributed by atoms with Gasteiger partial charge in [-0.25, -0.2) is 0 Å². The van der Waals surface area contributed by atoms with Crippen LogP contribution >= 0.6 is 0 Å². The van der Waals surface area contributed by atoms with E-state index in [2.05, 4.69) is 5.32 Å². The molecule has 0 radical (unpaired) electrons. The lowest BCUT2D eigenvalue weighted by Crippen LogP contribution is -2.19. The van der Waals surface area contributed by atoms with E-state index < -0.39 is 0 Å². The van der Waals surface area contributed by atoms with Crippen LogP contribution in [0, 0.1) is 0 Å². The van der Waals surface area contributed by atoms with Crippen LogP contribution in [0.2, 0.25) is 0 Å². The largest absolute Gasteiger partial charge is 0.497 e. The van der Waals surface area contributed by atoms with Crippen LogP contribution in [0.5, 0.6) is 17.2 Å². The van der Waals surface area contributed by atoms with E-state index >= 15 is 0 Å². The number of carbonyl (C=O) groups is 1. The van der Waals surface area contributed by atoms with Gasteiger partial charge in [-0.15, -0.1) is 0 Å². The molecule has 0 saturated carbocycles. The molecule has 0 atom stereocenters. The van der Waals surface area contributed by atoms with Crippen molar-refractivity contribution in [3.05, 3.63) is 72.3 Å². The van der Waals surface area contributed by atoms with Gasteiger partial charge in [0.2, 0.25) is 0 Å². The molecule has 6 heteroatoms. The molecule has 0 aliphatic carbocycles. The summed E-state index contributed by atoms with van der Waals surface area (Å²) in [6.07, 6.45) is 0. The van der Waals surface area contributed by atoms with E-state index in [1.807, 2.05) is 67.5 Å². The zero-order chi connectivity index (χ0) is 22.2. The second kappa shape index (κ2) is 10.5. The Balaban J connectivity index is 1.70. The number of nitrogens with one attached hydrogen (secondary N) is 1. The van der Waals surface area contributed by atoms with Crippen LogP contribution in [-0.2, 0) is 0 Å². The molecule has 0 aliphatic heterocycles. The zero-order valence-electron chi connectivity index (χ0n) is 18.3. The highest BCUT2D eigenvalue weighted by Gasteiger charge is 2.11. The van der Waals surface area contributed by atoms with Crippen LogP contribution in [0.15, 0.2) is 66.7 Å². The second-order valence-corrected chi connectivity index (χ2v) is 7.28. The van der Waals surface area contributed by atoms with E-state index in [4.69, 9.17) is 14.2 Å². The van der Waals surface area contributed by atoms with Gasteiger partial charge in [0.25, 0.3) is 5.91 Å². The Bertz CT molecular complexity index is 1020. The minimum absolute atomic E-state index is 0.193. The Morgan fingerprint density at radius 1 is 0.871 bits per heavy atom. The maximum Gasteiger partial charge on any atom is 0.255 e. The fourth-order valence-electron chi connectivity index (χ4n) is 3.03. The number of amides is 1. The standard InChI is InChI=1S/C25H28N2O4/c1-27(2)14-15-31-24-17-21(12-13-23(24)30-4)26-25(28)19-10-8-18(9-11-19)20-6-5-7-22(16-20)29-3/h5-13,16-17H,14-15H2,1-4H3,(H,26,28). The number of anilines is 1. The average molecular weight is 421 g/mol. The molecule has 3 aromatic rings. The lowest BCUT2D eigenvalue weighted by molar-refractivity contribution is 0.102. The summed E-state index contributed by atoms with van der Waals surface area (Å²) in [5.74, 6) is 1.82. The van der Waals surface area contributed by atoms with Gasteiger partial charge in [-0.3, -0.25) is 4.79 Å². The smallest absolute Gasteiger partial charge is 0.255 e. The van der Waals surface area contributed by atoms with Gasteiger partial charge in [-0.1, -0.05) is 24.3 Å². The molecule has 0 bridgehead atoms. The molecule has 0 unspecified atom stereocenters.